The van der Waals surface area contributed by atoms with Crippen LogP contribution in [0.2, 0.25) is 0 Å². The molecule has 0 radical (unpaired) electrons. The van der Waals surface area contributed by atoms with Gasteiger partial charge >= 0.3 is 12.0 Å². The van der Waals surface area contributed by atoms with Crippen molar-refractivity contribution in [1.82, 2.24) is 10.2 Å². The summed E-state index contributed by atoms with van der Waals surface area (Å²) in [6.07, 6.45) is 2.67. The van der Waals surface area contributed by atoms with Gasteiger partial charge in [-0.3, -0.25) is 4.79 Å². The molecule has 0 spiro atoms. The molecule has 19 heavy (non-hydrogen) atoms. The number of urea groups is 1. The van der Waals surface area contributed by atoms with Gasteiger partial charge in [0.05, 0.1) is 13.0 Å². The Balaban J connectivity index is 1.85. The van der Waals surface area contributed by atoms with Gasteiger partial charge in [-0.2, -0.15) is 0 Å². The first-order chi connectivity index (χ1) is 9.08. The number of hydrogen-bond donors (Lipinski definition) is 2. The van der Waals surface area contributed by atoms with Crippen molar-refractivity contribution in [1.29, 1.82) is 0 Å². The summed E-state index contributed by atoms with van der Waals surface area (Å²) < 4.78 is 5.32. The molecule has 108 valence electrons. The summed E-state index contributed by atoms with van der Waals surface area (Å²) in [6.45, 7) is 4.09. The fraction of sp³-hybridized carbons (Fsp3) is 0.846. The molecule has 2 fully saturated rings. The molecule has 2 N–H and O–H groups in total. The second-order valence-corrected chi connectivity index (χ2v) is 5.45. The summed E-state index contributed by atoms with van der Waals surface area (Å²) in [5, 5.41) is 11.8. The summed E-state index contributed by atoms with van der Waals surface area (Å²) in [4.78, 5) is 24.6. The third-order valence-electron chi connectivity index (χ3n) is 4.07. The van der Waals surface area contributed by atoms with Crippen LogP contribution in [-0.4, -0.2) is 53.8 Å². The molecule has 2 amide bonds. The van der Waals surface area contributed by atoms with E-state index >= 15 is 0 Å². The molecule has 2 saturated heterocycles. The highest BCUT2D eigenvalue weighted by atomic mass is 16.5. The van der Waals surface area contributed by atoms with E-state index in [2.05, 4.69) is 5.32 Å². The van der Waals surface area contributed by atoms with Crippen LogP contribution in [0, 0.1) is 5.92 Å². The first-order valence-electron chi connectivity index (χ1n) is 6.94. The zero-order chi connectivity index (χ0) is 13.8. The van der Waals surface area contributed by atoms with Gasteiger partial charge in [-0.25, -0.2) is 4.79 Å². The first kappa shape index (κ1) is 14.1. The Kier molecular flexibility index (Phi) is 4.63. The second-order valence-electron chi connectivity index (χ2n) is 5.45. The second kappa shape index (κ2) is 6.23. The lowest BCUT2D eigenvalue weighted by atomic mass is 10.0. The van der Waals surface area contributed by atoms with Crippen molar-refractivity contribution in [2.24, 2.45) is 5.92 Å². The number of rotatable bonds is 4. The molecule has 2 aliphatic heterocycles. The molecule has 0 saturated carbocycles. The SMILES string of the molecule is CC(NC(=O)N1CCCC1CC(=O)O)C1CCOC1. The maximum atomic E-state index is 12.2. The number of carboxylic acid groups (broad SMARTS) is 1. The first-order valence-corrected chi connectivity index (χ1v) is 6.94. The van der Waals surface area contributed by atoms with Crippen LogP contribution in [-0.2, 0) is 9.53 Å². The number of nitrogens with one attached hydrogen (secondary N) is 1. The average Bonchev–Trinajstić information content (AvgIpc) is 2.97. The van der Waals surface area contributed by atoms with Crippen LogP contribution in [0.1, 0.15) is 32.6 Å². The number of hydrogen-bond acceptors (Lipinski definition) is 3. The van der Waals surface area contributed by atoms with Gasteiger partial charge < -0.3 is 20.1 Å². The van der Waals surface area contributed by atoms with Crippen LogP contribution < -0.4 is 5.32 Å². The maximum absolute atomic E-state index is 12.2. The number of carboxylic acids is 1. The van der Waals surface area contributed by atoms with E-state index in [0.29, 0.717) is 19.1 Å². The molecular formula is C13H22N2O4. The average molecular weight is 270 g/mol. The van der Waals surface area contributed by atoms with Crippen LogP contribution in [0.15, 0.2) is 0 Å². The number of carbonyl (C=O) groups excluding carboxylic acids is 1. The smallest absolute Gasteiger partial charge is 0.317 e. The third-order valence-corrected chi connectivity index (χ3v) is 4.07. The normalized spacial score (nSPS) is 28.4. The van der Waals surface area contributed by atoms with Crippen LogP contribution in [0.25, 0.3) is 0 Å². The molecule has 0 aromatic rings. The van der Waals surface area contributed by atoms with Crippen molar-refractivity contribution in [3.05, 3.63) is 0 Å². The summed E-state index contributed by atoms with van der Waals surface area (Å²) in [5.41, 5.74) is 0. The summed E-state index contributed by atoms with van der Waals surface area (Å²) in [6, 6.07) is -0.228. The quantitative estimate of drug-likeness (QED) is 0.800. The van der Waals surface area contributed by atoms with E-state index in [1.54, 1.807) is 4.90 Å². The Hall–Kier alpha value is -1.30. The molecule has 0 aliphatic carbocycles. The Morgan fingerprint density at radius 3 is 2.89 bits per heavy atom. The lowest BCUT2D eigenvalue weighted by Gasteiger charge is -2.27. The Morgan fingerprint density at radius 2 is 2.26 bits per heavy atom. The van der Waals surface area contributed by atoms with Crippen LogP contribution >= 0.6 is 0 Å². The van der Waals surface area contributed by atoms with Crippen molar-refractivity contribution in [2.75, 3.05) is 19.8 Å². The zero-order valence-corrected chi connectivity index (χ0v) is 11.3. The third kappa shape index (κ3) is 3.59. The van der Waals surface area contributed by atoms with E-state index in [0.717, 1.165) is 25.9 Å². The zero-order valence-electron chi connectivity index (χ0n) is 11.3. The number of ether oxygens (including phenoxy) is 1. The Bertz CT molecular complexity index is 342. The minimum Gasteiger partial charge on any atom is -0.481 e. The fourth-order valence-electron chi connectivity index (χ4n) is 2.86. The van der Waals surface area contributed by atoms with E-state index < -0.39 is 5.97 Å². The van der Waals surface area contributed by atoms with E-state index in [-0.39, 0.29) is 24.5 Å². The molecule has 2 heterocycles. The number of aliphatic carboxylic acids is 1. The van der Waals surface area contributed by atoms with E-state index in [1.807, 2.05) is 6.92 Å². The van der Waals surface area contributed by atoms with Crippen molar-refractivity contribution < 1.29 is 19.4 Å². The molecule has 2 rings (SSSR count). The molecule has 2 aliphatic rings. The van der Waals surface area contributed by atoms with Gasteiger partial charge in [0.15, 0.2) is 0 Å². The highest BCUT2D eigenvalue weighted by molar-refractivity contribution is 5.76. The van der Waals surface area contributed by atoms with Crippen LogP contribution in [0.4, 0.5) is 4.79 Å². The maximum Gasteiger partial charge on any atom is 0.317 e. The van der Waals surface area contributed by atoms with Gasteiger partial charge in [0, 0.05) is 31.2 Å². The number of carbonyl (C=O) groups is 2. The van der Waals surface area contributed by atoms with Gasteiger partial charge in [0.1, 0.15) is 0 Å². The van der Waals surface area contributed by atoms with Gasteiger partial charge in [0.2, 0.25) is 0 Å². The molecule has 0 bridgehead atoms. The topological polar surface area (TPSA) is 78.9 Å². The Morgan fingerprint density at radius 1 is 1.47 bits per heavy atom. The van der Waals surface area contributed by atoms with Gasteiger partial charge in [-0.05, 0) is 26.2 Å². The minimum absolute atomic E-state index is 0.0361. The highest BCUT2D eigenvalue weighted by Crippen LogP contribution is 2.21. The molecular weight excluding hydrogens is 248 g/mol. The largest absolute Gasteiger partial charge is 0.481 e. The minimum atomic E-state index is -0.845. The van der Waals surface area contributed by atoms with Crippen LogP contribution in [0.5, 0.6) is 0 Å². The number of nitrogens with zero attached hydrogens (tertiary/aromatic N) is 1. The fourth-order valence-corrected chi connectivity index (χ4v) is 2.86. The standard InChI is InChI=1S/C13H22N2O4/c1-9(10-4-6-19-8-10)14-13(18)15-5-2-3-11(15)7-12(16)17/h9-11H,2-8H2,1H3,(H,14,18)(H,16,17). The predicted molar refractivity (Wildman–Crippen MR) is 68.9 cm³/mol. The van der Waals surface area contributed by atoms with E-state index in [1.165, 1.54) is 0 Å². The van der Waals surface area contributed by atoms with Gasteiger partial charge in [0.25, 0.3) is 0 Å². The van der Waals surface area contributed by atoms with Crippen LogP contribution in [0.3, 0.4) is 0 Å². The molecule has 3 unspecified atom stereocenters. The highest BCUT2D eigenvalue weighted by Gasteiger charge is 2.32. The predicted octanol–water partition coefficient (Wildman–Crippen LogP) is 1.06. The molecule has 0 aromatic heterocycles. The molecule has 6 nitrogen and oxygen atoms in total. The summed E-state index contributed by atoms with van der Waals surface area (Å²) >= 11 is 0. The number of amides is 2. The molecule has 0 aromatic carbocycles. The monoisotopic (exact) mass is 270 g/mol. The van der Waals surface area contributed by atoms with Gasteiger partial charge in [-0.1, -0.05) is 0 Å². The summed E-state index contributed by atoms with van der Waals surface area (Å²) in [7, 11) is 0. The summed E-state index contributed by atoms with van der Waals surface area (Å²) in [5.74, 6) is -0.480. The van der Waals surface area contributed by atoms with E-state index in [9.17, 15) is 9.59 Å². The van der Waals surface area contributed by atoms with Crippen molar-refractivity contribution in [3.8, 4) is 0 Å². The van der Waals surface area contributed by atoms with Crippen molar-refractivity contribution >= 4 is 12.0 Å². The van der Waals surface area contributed by atoms with Gasteiger partial charge in [-0.15, -0.1) is 0 Å². The van der Waals surface area contributed by atoms with E-state index in [4.69, 9.17) is 9.84 Å². The lowest BCUT2D eigenvalue weighted by molar-refractivity contribution is -0.137. The Labute approximate surface area is 113 Å². The van der Waals surface area contributed by atoms with Crippen molar-refractivity contribution in [2.45, 2.75) is 44.7 Å². The van der Waals surface area contributed by atoms with Crippen molar-refractivity contribution in [3.63, 3.8) is 0 Å². The molecule has 6 heteroatoms. The number of likely N-dealkylation sites (tertiary alicyclic amines) is 1. The lowest BCUT2D eigenvalue weighted by Crippen LogP contribution is -2.48. The molecule has 3 atom stereocenters.